The summed E-state index contributed by atoms with van der Waals surface area (Å²) in [7, 11) is 2.10. The van der Waals surface area contributed by atoms with Crippen LogP contribution in [0, 0.1) is 0 Å². The van der Waals surface area contributed by atoms with Gasteiger partial charge < -0.3 is 25.0 Å². The number of Topliss-reactive ketones (excluding diaryl/α,β-unsaturated/α-hetero) is 1. The van der Waals surface area contributed by atoms with Crippen LogP contribution in [-0.4, -0.2) is 66.8 Å². The molecule has 1 aromatic heterocycles. The van der Waals surface area contributed by atoms with E-state index in [0.717, 1.165) is 61.3 Å². The topological polar surface area (TPSA) is 86.7 Å². The highest BCUT2D eigenvalue weighted by molar-refractivity contribution is 6.04. The summed E-state index contributed by atoms with van der Waals surface area (Å²) in [6.07, 6.45) is 2.31. The third kappa shape index (κ3) is 4.77. The van der Waals surface area contributed by atoms with E-state index in [1.54, 1.807) is 0 Å². The average molecular weight is 486 g/mol. The molecule has 0 unspecified atom stereocenters. The van der Waals surface area contributed by atoms with E-state index < -0.39 is 0 Å². The predicted molar refractivity (Wildman–Crippen MR) is 142 cm³/mol. The molecule has 2 aliphatic rings. The van der Waals surface area contributed by atoms with Gasteiger partial charge >= 0.3 is 0 Å². The fraction of sp³-hybridized carbons (Fsp3) is 0.321. The zero-order valence-corrected chi connectivity index (χ0v) is 20.5. The van der Waals surface area contributed by atoms with Gasteiger partial charge in [0, 0.05) is 62.2 Å². The van der Waals surface area contributed by atoms with E-state index in [1.165, 1.54) is 6.08 Å². The largest absolute Gasteiger partial charge is 0.367 e. The number of nitrogens with zero attached hydrogens (tertiary/aromatic N) is 3. The van der Waals surface area contributed by atoms with E-state index in [1.807, 2.05) is 47.0 Å². The highest BCUT2D eigenvalue weighted by Crippen LogP contribution is 2.29. The molecule has 0 radical (unpaired) electrons. The second-order valence-electron chi connectivity index (χ2n) is 9.50. The van der Waals surface area contributed by atoms with Crippen molar-refractivity contribution in [2.75, 3.05) is 50.0 Å². The Labute approximate surface area is 210 Å². The quantitative estimate of drug-likeness (QED) is 0.414. The number of benzene rings is 2. The SMILES string of the molecule is C=CC(=O)Nc1cc(CC(=O)c2ccc3cc4n(c3c2)CCCNC4=O)ccc1N1CCN(C)CC1. The molecule has 0 saturated carbocycles. The molecule has 36 heavy (non-hydrogen) atoms. The van der Waals surface area contributed by atoms with Gasteiger partial charge in [-0.1, -0.05) is 24.8 Å². The van der Waals surface area contributed by atoms with Crippen LogP contribution in [0.2, 0.25) is 0 Å². The Hall–Kier alpha value is -3.91. The maximum absolute atomic E-state index is 13.3. The van der Waals surface area contributed by atoms with Crippen molar-refractivity contribution in [3.05, 3.63) is 71.9 Å². The Morgan fingerprint density at radius 3 is 2.64 bits per heavy atom. The summed E-state index contributed by atoms with van der Waals surface area (Å²) < 4.78 is 2.00. The van der Waals surface area contributed by atoms with E-state index >= 15 is 0 Å². The van der Waals surface area contributed by atoms with Gasteiger partial charge in [0.15, 0.2) is 5.78 Å². The Kier molecular flexibility index (Phi) is 6.61. The normalized spacial score (nSPS) is 16.2. The number of rotatable bonds is 6. The van der Waals surface area contributed by atoms with Gasteiger partial charge in [0.1, 0.15) is 5.69 Å². The van der Waals surface area contributed by atoms with Gasteiger partial charge in [0.05, 0.1) is 11.4 Å². The summed E-state index contributed by atoms with van der Waals surface area (Å²) in [5.41, 5.74) is 4.60. The summed E-state index contributed by atoms with van der Waals surface area (Å²) >= 11 is 0. The van der Waals surface area contributed by atoms with Crippen LogP contribution in [0.3, 0.4) is 0 Å². The first-order valence-electron chi connectivity index (χ1n) is 12.4. The highest BCUT2D eigenvalue weighted by Gasteiger charge is 2.21. The molecule has 3 aromatic rings. The summed E-state index contributed by atoms with van der Waals surface area (Å²) in [5, 5.41) is 6.79. The summed E-state index contributed by atoms with van der Waals surface area (Å²) in [6, 6.07) is 13.3. The standard InChI is InChI=1S/C28H31N5O3/c1-3-27(35)30-22-15-19(5-8-23(22)32-13-11-31(2)12-14-32)16-26(34)21-7-6-20-17-25-28(36)29-9-4-10-33(25)24(20)18-21/h3,5-8,15,17-18H,1,4,9-14,16H2,2H3,(H,29,36)(H,30,35). The number of aromatic nitrogens is 1. The first-order chi connectivity index (χ1) is 17.4. The van der Waals surface area contributed by atoms with Gasteiger partial charge in [-0.25, -0.2) is 0 Å². The number of likely N-dealkylation sites (N-methyl/N-ethyl adjacent to an activating group) is 1. The number of carbonyl (C=O) groups is 3. The minimum Gasteiger partial charge on any atom is -0.367 e. The fourth-order valence-electron chi connectivity index (χ4n) is 4.97. The number of hydrogen-bond acceptors (Lipinski definition) is 5. The molecule has 2 amide bonds. The molecule has 186 valence electrons. The molecule has 1 saturated heterocycles. The number of nitrogens with one attached hydrogen (secondary N) is 2. The van der Waals surface area contributed by atoms with Crippen LogP contribution in [0.25, 0.3) is 10.9 Å². The van der Waals surface area contributed by atoms with E-state index in [0.29, 0.717) is 23.5 Å². The van der Waals surface area contributed by atoms with Crippen LogP contribution in [0.15, 0.2) is 55.1 Å². The molecule has 0 atom stereocenters. The van der Waals surface area contributed by atoms with Crippen molar-refractivity contribution in [2.24, 2.45) is 0 Å². The van der Waals surface area contributed by atoms with Crippen molar-refractivity contribution < 1.29 is 14.4 Å². The lowest BCUT2D eigenvalue weighted by Crippen LogP contribution is -2.44. The van der Waals surface area contributed by atoms with E-state index in [4.69, 9.17) is 0 Å². The zero-order chi connectivity index (χ0) is 25.2. The fourth-order valence-corrected chi connectivity index (χ4v) is 4.97. The molecule has 8 nitrogen and oxygen atoms in total. The number of hydrogen-bond donors (Lipinski definition) is 2. The van der Waals surface area contributed by atoms with Gasteiger partial charge in [-0.3, -0.25) is 14.4 Å². The lowest BCUT2D eigenvalue weighted by Gasteiger charge is -2.35. The third-order valence-electron chi connectivity index (χ3n) is 7.02. The number of piperazine rings is 1. The van der Waals surface area contributed by atoms with Crippen molar-refractivity contribution in [1.29, 1.82) is 0 Å². The summed E-state index contributed by atoms with van der Waals surface area (Å²) in [6.45, 7) is 8.57. The first-order valence-corrected chi connectivity index (χ1v) is 12.4. The van der Waals surface area contributed by atoms with Gasteiger partial charge in [-0.05, 0) is 49.4 Å². The zero-order valence-electron chi connectivity index (χ0n) is 20.5. The molecule has 2 N–H and O–H groups in total. The molecule has 3 heterocycles. The van der Waals surface area contributed by atoms with Crippen molar-refractivity contribution in [2.45, 2.75) is 19.4 Å². The average Bonchev–Trinajstić information content (AvgIpc) is 3.15. The van der Waals surface area contributed by atoms with E-state index in [-0.39, 0.29) is 24.0 Å². The molecule has 2 aromatic carbocycles. The maximum atomic E-state index is 13.3. The van der Waals surface area contributed by atoms with Crippen LogP contribution in [0.4, 0.5) is 11.4 Å². The molecule has 2 aliphatic heterocycles. The molecule has 8 heteroatoms. The monoisotopic (exact) mass is 485 g/mol. The number of carbonyl (C=O) groups excluding carboxylic acids is 3. The highest BCUT2D eigenvalue weighted by atomic mass is 16.2. The lowest BCUT2D eigenvalue weighted by atomic mass is 10.0. The molecule has 0 spiro atoms. The molecule has 1 fully saturated rings. The Balaban J connectivity index is 1.41. The number of amides is 2. The lowest BCUT2D eigenvalue weighted by molar-refractivity contribution is -0.111. The Bertz CT molecular complexity index is 1350. The van der Waals surface area contributed by atoms with Crippen LogP contribution in [0.5, 0.6) is 0 Å². The Morgan fingerprint density at radius 2 is 1.86 bits per heavy atom. The number of aryl methyl sites for hydroxylation is 1. The predicted octanol–water partition coefficient (Wildman–Crippen LogP) is 3.08. The molecular formula is C28H31N5O3. The molecule has 5 rings (SSSR count). The van der Waals surface area contributed by atoms with Gasteiger partial charge in [0.2, 0.25) is 5.91 Å². The van der Waals surface area contributed by atoms with Gasteiger partial charge in [0.25, 0.3) is 5.91 Å². The van der Waals surface area contributed by atoms with Crippen molar-refractivity contribution in [3.63, 3.8) is 0 Å². The minimum absolute atomic E-state index is 0.0149. The molecule has 0 aliphatic carbocycles. The van der Waals surface area contributed by atoms with Gasteiger partial charge in [-0.2, -0.15) is 0 Å². The number of ketones is 1. The van der Waals surface area contributed by atoms with Gasteiger partial charge in [-0.15, -0.1) is 0 Å². The Morgan fingerprint density at radius 1 is 1.06 bits per heavy atom. The van der Waals surface area contributed by atoms with Crippen molar-refractivity contribution in [3.8, 4) is 0 Å². The van der Waals surface area contributed by atoms with Crippen molar-refractivity contribution in [1.82, 2.24) is 14.8 Å². The number of anilines is 2. The van der Waals surface area contributed by atoms with Crippen LogP contribution >= 0.6 is 0 Å². The second-order valence-corrected chi connectivity index (χ2v) is 9.50. The number of fused-ring (bicyclic) bond motifs is 3. The van der Waals surface area contributed by atoms with Crippen LogP contribution in [-0.2, 0) is 17.8 Å². The maximum Gasteiger partial charge on any atom is 0.267 e. The van der Waals surface area contributed by atoms with E-state index in [9.17, 15) is 14.4 Å². The summed E-state index contributed by atoms with van der Waals surface area (Å²) in [4.78, 5) is 42.3. The minimum atomic E-state index is -0.280. The van der Waals surface area contributed by atoms with Crippen LogP contribution < -0.4 is 15.5 Å². The van der Waals surface area contributed by atoms with Crippen LogP contribution in [0.1, 0.15) is 32.8 Å². The first kappa shape index (κ1) is 23.8. The molecular weight excluding hydrogens is 454 g/mol. The molecule has 0 bridgehead atoms. The third-order valence-corrected chi connectivity index (χ3v) is 7.02. The smallest absolute Gasteiger partial charge is 0.267 e. The summed E-state index contributed by atoms with van der Waals surface area (Å²) in [5.74, 6) is -0.373. The van der Waals surface area contributed by atoms with E-state index in [2.05, 4.69) is 34.1 Å². The second kappa shape index (κ2) is 9.99. The van der Waals surface area contributed by atoms with Crippen molar-refractivity contribution >= 4 is 39.9 Å².